The van der Waals surface area contributed by atoms with E-state index < -0.39 is 10.0 Å². The molecule has 84 valence electrons. The molecule has 0 aromatic carbocycles. The van der Waals surface area contributed by atoms with E-state index in [0.717, 1.165) is 6.42 Å². The van der Waals surface area contributed by atoms with E-state index >= 15 is 0 Å². The van der Waals surface area contributed by atoms with E-state index in [1.165, 1.54) is 7.11 Å². The fraction of sp³-hybridized carbons (Fsp3) is 1.00. The molecule has 4 nitrogen and oxygen atoms in total. The Morgan fingerprint density at radius 2 is 2.14 bits per heavy atom. The summed E-state index contributed by atoms with van der Waals surface area (Å²) in [6.07, 6.45) is 0.990. The van der Waals surface area contributed by atoms with Crippen molar-refractivity contribution in [3.05, 3.63) is 0 Å². The number of nitrogens with zero attached hydrogens (tertiary/aromatic N) is 1. The topological polar surface area (TPSA) is 46.6 Å². The summed E-state index contributed by atoms with van der Waals surface area (Å²) in [5, 5.41) is 0. The van der Waals surface area contributed by atoms with Crippen LogP contribution in [0.1, 0.15) is 20.3 Å². The molecule has 0 bridgehead atoms. The SMILES string of the molecule is COCCS(=O)(=O)N1CC[C@H]1C(C)C. The molecule has 1 fully saturated rings. The lowest BCUT2D eigenvalue weighted by Gasteiger charge is -2.42. The molecule has 0 N–H and O–H groups in total. The summed E-state index contributed by atoms with van der Waals surface area (Å²) >= 11 is 0. The monoisotopic (exact) mass is 221 g/mol. The van der Waals surface area contributed by atoms with Gasteiger partial charge >= 0.3 is 0 Å². The van der Waals surface area contributed by atoms with Gasteiger partial charge < -0.3 is 4.74 Å². The fourth-order valence-electron chi connectivity index (χ4n) is 1.70. The van der Waals surface area contributed by atoms with Gasteiger partial charge in [0.15, 0.2) is 0 Å². The number of methoxy groups -OCH3 is 1. The Kier molecular flexibility index (Phi) is 3.92. The standard InChI is InChI=1S/C9H19NO3S/c1-8(2)9-4-5-10(9)14(11,12)7-6-13-3/h8-9H,4-7H2,1-3H3/t9-/m0/s1. The third-order valence-electron chi connectivity index (χ3n) is 2.69. The van der Waals surface area contributed by atoms with Gasteiger partial charge in [0, 0.05) is 19.7 Å². The van der Waals surface area contributed by atoms with E-state index in [9.17, 15) is 8.42 Å². The predicted molar refractivity (Wildman–Crippen MR) is 55.6 cm³/mol. The summed E-state index contributed by atoms with van der Waals surface area (Å²) in [6.45, 7) is 5.07. The maximum atomic E-state index is 11.7. The van der Waals surface area contributed by atoms with Crippen molar-refractivity contribution in [2.75, 3.05) is 26.0 Å². The average Bonchev–Trinajstić information content (AvgIpc) is 1.96. The summed E-state index contributed by atoms with van der Waals surface area (Å²) < 4.78 is 29.9. The average molecular weight is 221 g/mol. The molecule has 0 spiro atoms. The van der Waals surface area contributed by atoms with Crippen molar-refractivity contribution < 1.29 is 13.2 Å². The van der Waals surface area contributed by atoms with Crippen molar-refractivity contribution in [1.29, 1.82) is 0 Å². The van der Waals surface area contributed by atoms with E-state index in [4.69, 9.17) is 4.74 Å². The molecular formula is C9H19NO3S. The normalized spacial score (nSPS) is 23.9. The highest BCUT2D eigenvalue weighted by atomic mass is 32.2. The van der Waals surface area contributed by atoms with Crippen molar-refractivity contribution in [1.82, 2.24) is 4.31 Å². The molecule has 0 unspecified atom stereocenters. The Morgan fingerprint density at radius 3 is 2.50 bits per heavy atom. The molecule has 1 saturated heterocycles. The van der Waals surface area contributed by atoms with Crippen molar-refractivity contribution in [2.24, 2.45) is 5.92 Å². The van der Waals surface area contributed by atoms with E-state index in [-0.39, 0.29) is 18.4 Å². The largest absolute Gasteiger partial charge is 0.384 e. The van der Waals surface area contributed by atoms with E-state index in [2.05, 4.69) is 13.8 Å². The van der Waals surface area contributed by atoms with Crippen LogP contribution in [0.5, 0.6) is 0 Å². The van der Waals surface area contributed by atoms with E-state index in [0.29, 0.717) is 12.5 Å². The van der Waals surface area contributed by atoms with Gasteiger partial charge in [-0.2, -0.15) is 4.31 Å². The zero-order chi connectivity index (χ0) is 10.8. The number of hydrogen-bond acceptors (Lipinski definition) is 3. The van der Waals surface area contributed by atoms with E-state index in [1.807, 2.05) is 0 Å². The molecule has 0 radical (unpaired) electrons. The molecule has 0 amide bonds. The second-order valence-corrected chi connectivity index (χ2v) is 6.06. The highest BCUT2D eigenvalue weighted by molar-refractivity contribution is 7.89. The van der Waals surface area contributed by atoms with Crippen molar-refractivity contribution in [2.45, 2.75) is 26.3 Å². The van der Waals surface area contributed by atoms with Crippen LogP contribution in [0.15, 0.2) is 0 Å². The third kappa shape index (κ3) is 2.46. The van der Waals surface area contributed by atoms with Gasteiger partial charge in [0.1, 0.15) is 0 Å². The van der Waals surface area contributed by atoms with Crippen LogP contribution in [0.25, 0.3) is 0 Å². The molecule has 0 aromatic rings. The summed E-state index contributed by atoms with van der Waals surface area (Å²) in [5.74, 6) is 0.508. The molecule has 1 rings (SSSR count). The molecule has 0 aliphatic carbocycles. The van der Waals surface area contributed by atoms with Gasteiger partial charge in [-0.1, -0.05) is 13.8 Å². The third-order valence-corrected chi connectivity index (χ3v) is 4.54. The maximum absolute atomic E-state index is 11.7. The smallest absolute Gasteiger partial charge is 0.216 e. The zero-order valence-corrected chi connectivity index (χ0v) is 9.88. The summed E-state index contributed by atoms with van der Waals surface area (Å²) in [6, 6.07) is 0.205. The zero-order valence-electron chi connectivity index (χ0n) is 9.06. The van der Waals surface area contributed by atoms with Crippen LogP contribution in [-0.2, 0) is 14.8 Å². The first kappa shape index (κ1) is 11.9. The highest BCUT2D eigenvalue weighted by Gasteiger charge is 2.38. The van der Waals surface area contributed by atoms with Gasteiger partial charge in [-0.15, -0.1) is 0 Å². The van der Waals surface area contributed by atoms with Gasteiger partial charge in [-0.3, -0.25) is 0 Å². The molecule has 1 atom stereocenters. The maximum Gasteiger partial charge on any atom is 0.216 e. The first-order chi connectivity index (χ1) is 6.49. The summed E-state index contributed by atoms with van der Waals surface area (Å²) in [5.41, 5.74) is 0. The Labute approximate surface area is 86.3 Å². The van der Waals surface area contributed by atoms with Crippen LogP contribution in [0, 0.1) is 5.92 Å². The predicted octanol–water partition coefficient (Wildman–Crippen LogP) is 0.693. The quantitative estimate of drug-likeness (QED) is 0.686. The van der Waals surface area contributed by atoms with Crippen molar-refractivity contribution in [3.63, 3.8) is 0 Å². The number of ether oxygens (including phenoxy) is 1. The second kappa shape index (κ2) is 4.59. The van der Waals surface area contributed by atoms with E-state index in [1.54, 1.807) is 4.31 Å². The van der Waals surface area contributed by atoms with Gasteiger partial charge in [0.25, 0.3) is 0 Å². The minimum absolute atomic E-state index is 0.104. The van der Waals surface area contributed by atoms with Crippen LogP contribution >= 0.6 is 0 Å². The molecule has 1 heterocycles. The molecule has 1 aliphatic rings. The number of rotatable bonds is 5. The fourth-order valence-corrected chi connectivity index (χ4v) is 3.46. The molecular weight excluding hydrogens is 202 g/mol. The Hall–Kier alpha value is -0.130. The van der Waals surface area contributed by atoms with Gasteiger partial charge in [-0.05, 0) is 12.3 Å². The van der Waals surface area contributed by atoms with Crippen molar-refractivity contribution in [3.8, 4) is 0 Å². The highest BCUT2D eigenvalue weighted by Crippen LogP contribution is 2.27. The molecule has 1 aliphatic heterocycles. The van der Waals surface area contributed by atoms with Gasteiger partial charge in [0.2, 0.25) is 10.0 Å². The minimum Gasteiger partial charge on any atom is -0.384 e. The number of hydrogen-bond donors (Lipinski definition) is 0. The summed E-state index contributed by atoms with van der Waals surface area (Å²) in [7, 11) is -1.55. The molecule has 0 aromatic heterocycles. The Morgan fingerprint density at radius 1 is 1.50 bits per heavy atom. The lowest BCUT2D eigenvalue weighted by Crippen LogP contribution is -2.54. The summed E-state index contributed by atoms with van der Waals surface area (Å²) in [4.78, 5) is 0. The van der Waals surface area contributed by atoms with Crippen LogP contribution in [-0.4, -0.2) is 44.8 Å². The Balaban J connectivity index is 2.56. The first-order valence-electron chi connectivity index (χ1n) is 4.97. The van der Waals surface area contributed by atoms with Gasteiger partial charge in [0.05, 0.1) is 12.4 Å². The van der Waals surface area contributed by atoms with Crippen LogP contribution in [0.4, 0.5) is 0 Å². The van der Waals surface area contributed by atoms with Crippen LogP contribution in [0.2, 0.25) is 0 Å². The lowest BCUT2D eigenvalue weighted by atomic mass is 9.95. The molecule has 5 heteroatoms. The lowest BCUT2D eigenvalue weighted by molar-refractivity contribution is 0.147. The molecule has 0 saturated carbocycles. The van der Waals surface area contributed by atoms with Crippen molar-refractivity contribution >= 4 is 10.0 Å². The second-order valence-electron chi connectivity index (χ2n) is 4.02. The Bertz CT molecular complexity index is 274. The minimum atomic E-state index is -3.07. The van der Waals surface area contributed by atoms with Gasteiger partial charge in [-0.25, -0.2) is 8.42 Å². The first-order valence-corrected chi connectivity index (χ1v) is 6.58. The van der Waals surface area contributed by atoms with Crippen LogP contribution in [0.3, 0.4) is 0 Å². The number of sulfonamides is 1. The molecule has 14 heavy (non-hydrogen) atoms. The van der Waals surface area contributed by atoms with Crippen LogP contribution < -0.4 is 0 Å².